The number of rotatable bonds is 6. The molecule has 6 nitrogen and oxygen atoms in total. The number of carbonyl (C=O) groups excluding carboxylic acids is 1. The van der Waals surface area contributed by atoms with Gasteiger partial charge in [-0.1, -0.05) is 43.3 Å². The van der Waals surface area contributed by atoms with Crippen molar-refractivity contribution >= 4 is 22.5 Å². The lowest BCUT2D eigenvalue weighted by Gasteiger charge is -2.13. The van der Waals surface area contributed by atoms with E-state index in [0.29, 0.717) is 5.69 Å². The van der Waals surface area contributed by atoms with Gasteiger partial charge in [-0.05, 0) is 28.8 Å². The van der Waals surface area contributed by atoms with E-state index in [-0.39, 0.29) is 12.6 Å². The normalized spacial score (nSPS) is 12.1. The minimum Gasteiger partial charge on any atom is -0.387 e. The Bertz CT molecular complexity index is 859. The molecule has 0 saturated heterocycles. The van der Waals surface area contributed by atoms with Gasteiger partial charge < -0.3 is 15.7 Å². The van der Waals surface area contributed by atoms with Gasteiger partial charge in [-0.2, -0.15) is 5.10 Å². The molecule has 1 aromatic heterocycles. The first-order valence-electron chi connectivity index (χ1n) is 8.40. The Morgan fingerprint density at radius 3 is 2.84 bits per heavy atom. The third kappa shape index (κ3) is 4.36. The molecule has 2 aromatic carbocycles. The topological polar surface area (TPSA) is 79.2 Å². The Hall–Kier alpha value is -2.86. The minimum absolute atomic E-state index is 0.132. The van der Waals surface area contributed by atoms with Crippen LogP contribution in [0.4, 0.5) is 10.5 Å². The number of aryl methyl sites for hydroxylation is 1. The highest BCUT2D eigenvalue weighted by Crippen LogP contribution is 2.20. The maximum Gasteiger partial charge on any atom is 0.319 e. The lowest BCUT2D eigenvalue weighted by atomic mass is 10.0. The van der Waals surface area contributed by atoms with Crippen LogP contribution in [0.25, 0.3) is 10.8 Å². The first-order valence-corrected chi connectivity index (χ1v) is 8.40. The lowest BCUT2D eigenvalue weighted by molar-refractivity contribution is 0.175. The number of aliphatic hydroxyl groups excluding tert-OH is 1. The van der Waals surface area contributed by atoms with Gasteiger partial charge >= 0.3 is 6.03 Å². The predicted molar refractivity (Wildman–Crippen MR) is 98.4 cm³/mol. The minimum atomic E-state index is -0.766. The van der Waals surface area contributed by atoms with Crippen LogP contribution in [-0.4, -0.2) is 27.5 Å². The number of benzene rings is 2. The van der Waals surface area contributed by atoms with Gasteiger partial charge in [-0.3, -0.25) is 4.68 Å². The summed E-state index contributed by atoms with van der Waals surface area (Å²) in [6.45, 7) is 3.01. The van der Waals surface area contributed by atoms with Gasteiger partial charge in [0.1, 0.15) is 0 Å². The van der Waals surface area contributed by atoms with E-state index in [1.165, 1.54) is 0 Å². The molecule has 1 unspecified atom stereocenters. The molecule has 25 heavy (non-hydrogen) atoms. The van der Waals surface area contributed by atoms with Crippen molar-refractivity contribution in [3.8, 4) is 0 Å². The summed E-state index contributed by atoms with van der Waals surface area (Å²) in [7, 11) is 0. The summed E-state index contributed by atoms with van der Waals surface area (Å²) in [5.74, 6) is 0. The number of hydrogen-bond acceptors (Lipinski definition) is 3. The fourth-order valence-corrected chi connectivity index (χ4v) is 2.68. The smallest absolute Gasteiger partial charge is 0.319 e. The molecular formula is C19H22N4O2. The number of nitrogens with one attached hydrogen (secondary N) is 2. The van der Waals surface area contributed by atoms with Crippen molar-refractivity contribution in [3.05, 3.63) is 60.4 Å². The number of anilines is 1. The van der Waals surface area contributed by atoms with E-state index in [1.54, 1.807) is 17.1 Å². The Morgan fingerprint density at radius 1 is 1.24 bits per heavy atom. The fourth-order valence-electron chi connectivity index (χ4n) is 2.68. The monoisotopic (exact) mass is 338 g/mol. The standard InChI is InChI=1S/C19H22N4O2/c1-2-9-23-13-17(11-21-23)22-19(25)20-12-18(24)16-8-7-14-5-3-4-6-15(14)10-16/h3-8,10-11,13,18,24H,2,9,12H2,1H3,(H2,20,22,25). The second kappa shape index (κ2) is 7.81. The molecule has 1 atom stereocenters. The first kappa shape index (κ1) is 17.0. The van der Waals surface area contributed by atoms with E-state index < -0.39 is 6.10 Å². The van der Waals surface area contributed by atoms with Gasteiger partial charge in [-0.25, -0.2) is 4.79 Å². The van der Waals surface area contributed by atoms with E-state index in [2.05, 4.69) is 22.7 Å². The highest BCUT2D eigenvalue weighted by Gasteiger charge is 2.11. The molecule has 6 heteroatoms. The molecule has 0 fully saturated rings. The molecule has 3 aromatic rings. The van der Waals surface area contributed by atoms with Crippen LogP contribution in [0.2, 0.25) is 0 Å². The highest BCUT2D eigenvalue weighted by molar-refractivity contribution is 5.89. The number of urea groups is 1. The number of fused-ring (bicyclic) bond motifs is 1. The zero-order valence-corrected chi connectivity index (χ0v) is 14.1. The second-order valence-corrected chi connectivity index (χ2v) is 5.95. The van der Waals surface area contributed by atoms with E-state index in [4.69, 9.17) is 0 Å². The average molecular weight is 338 g/mol. The van der Waals surface area contributed by atoms with Gasteiger partial charge in [0.25, 0.3) is 0 Å². The Kier molecular flexibility index (Phi) is 5.30. The van der Waals surface area contributed by atoms with E-state index in [9.17, 15) is 9.90 Å². The number of aliphatic hydroxyl groups is 1. The molecule has 0 bridgehead atoms. The van der Waals surface area contributed by atoms with Crippen LogP contribution in [0.1, 0.15) is 25.0 Å². The van der Waals surface area contributed by atoms with Crippen LogP contribution in [0.3, 0.4) is 0 Å². The Balaban J connectivity index is 1.55. The van der Waals surface area contributed by atoms with Gasteiger partial charge in [0.05, 0.1) is 18.0 Å². The number of aromatic nitrogens is 2. The maximum absolute atomic E-state index is 12.0. The molecule has 0 aliphatic carbocycles. The summed E-state index contributed by atoms with van der Waals surface area (Å²) in [6, 6.07) is 13.4. The summed E-state index contributed by atoms with van der Waals surface area (Å²) < 4.78 is 1.78. The Labute approximate surface area is 146 Å². The summed E-state index contributed by atoms with van der Waals surface area (Å²) in [5, 5.41) is 22.0. The second-order valence-electron chi connectivity index (χ2n) is 5.95. The predicted octanol–water partition coefficient (Wildman–Crippen LogP) is 3.30. The van der Waals surface area contributed by atoms with Crippen LogP contribution >= 0.6 is 0 Å². The average Bonchev–Trinajstić information content (AvgIpc) is 3.06. The van der Waals surface area contributed by atoms with Gasteiger partial charge in [0.15, 0.2) is 0 Å². The molecule has 0 radical (unpaired) electrons. The molecular weight excluding hydrogens is 316 g/mol. The van der Waals surface area contributed by atoms with Crippen molar-refractivity contribution in [1.29, 1.82) is 0 Å². The number of nitrogens with zero attached hydrogens (tertiary/aromatic N) is 2. The van der Waals surface area contributed by atoms with E-state index in [0.717, 1.165) is 29.3 Å². The summed E-state index contributed by atoms with van der Waals surface area (Å²) in [5.41, 5.74) is 1.40. The molecule has 3 N–H and O–H groups in total. The van der Waals surface area contributed by atoms with E-state index in [1.807, 2.05) is 42.5 Å². The molecule has 0 aliphatic heterocycles. The van der Waals surface area contributed by atoms with Crippen molar-refractivity contribution in [3.63, 3.8) is 0 Å². The van der Waals surface area contributed by atoms with E-state index >= 15 is 0 Å². The zero-order valence-electron chi connectivity index (χ0n) is 14.1. The van der Waals surface area contributed by atoms with Crippen LogP contribution in [-0.2, 0) is 6.54 Å². The number of carbonyl (C=O) groups is 1. The summed E-state index contributed by atoms with van der Waals surface area (Å²) in [4.78, 5) is 12.0. The van der Waals surface area contributed by atoms with Crippen molar-refractivity contribution in [1.82, 2.24) is 15.1 Å². The van der Waals surface area contributed by atoms with Crippen molar-refractivity contribution in [2.45, 2.75) is 26.0 Å². The van der Waals surface area contributed by atoms with Crippen LogP contribution < -0.4 is 10.6 Å². The SMILES string of the molecule is CCCn1cc(NC(=O)NCC(O)c2ccc3ccccc3c2)cn1. The van der Waals surface area contributed by atoms with Gasteiger partial charge in [0, 0.05) is 19.3 Å². The van der Waals surface area contributed by atoms with Gasteiger partial charge in [0.2, 0.25) is 0 Å². The summed E-state index contributed by atoms with van der Waals surface area (Å²) in [6.07, 6.45) is 3.60. The zero-order chi connectivity index (χ0) is 17.6. The third-order valence-corrected chi connectivity index (χ3v) is 3.96. The maximum atomic E-state index is 12.0. The highest BCUT2D eigenvalue weighted by atomic mass is 16.3. The number of amides is 2. The number of hydrogen-bond donors (Lipinski definition) is 3. The Morgan fingerprint density at radius 2 is 2.04 bits per heavy atom. The molecule has 2 amide bonds. The van der Waals surface area contributed by atoms with Crippen LogP contribution in [0.15, 0.2) is 54.9 Å². The van der Waals surface area contributed by atoms with Crippen LogP contribution in [0.5, 0.6) is 0 Å². The quantitative estimate of drug-likeness (QED) is 0.645. The van der Waals surface area contributed by atoms with Crippen molar-refractivity contribution in [2.24, 2.45) is 0 Å². The van der Waals surface area contributed by atoms with Crippen molar-refractivity contribution in [2.75, 3.05) is 11.9 Å². The summed E-state index contributed by atoms with van der Waals surface area (Å²) >= 11 is 0. The van der Waals surface area contributed by atoms with Crippen molar-refractivity contribution < 1.29 is 9.90 Å². The fraction of sp³-hybridized carbons (Fsp3) is 0.263. The molecule has 1 heterocycles. The first-order chi connectivity index (χ1) is 12.2. The molecule has 0 saturated carbocycles. The third-order valence-electron chi connectivity index (χ3n) is 3.96. The molecule has 3 rings (SSSR count). The van der Waals surface area contributed by atoms with Crippen LogP contribution in [0, 0.1) is 0 Å². The lowest BCUT2D eigenvalue weighted by Crippen LogP contribution is -2.32. The largest absolute Gasteiger partial charge is 0.387 e. The molecule has 130 valence electrons. The molecule has 0 spiro atoms. The molecule has 0 aliphatic rings. The van der Waals surface area contributed by atoms with Gasteiger partial charge in [-0.15, -0.1) is 0 Å².